The lowest BCUT2D eigenvalue weighted by atomic mass is 10.3. The molecule has 29 heavy (non-hydrogen) atoms. The van der Waals surface area contributed by atoms with Crippen molar-refractivity contribution in [3.05, 3.63) is 37.2 Å². The van der Waals surface area contributed by atoms with Crippen LogP contribution in [0.1, 0.15) is 31.2 Å². The van der Waals surface area contributed by atoms with Crippen LogP contribution in [0.2, 0.25) is 5.02 Å². The van der Waals surface area contributed by atoms with Gasteiger partial charge in [-0.05, 0) is 20.3 Å². The third-order valence-electron chi connectivity index (χ3n) is 4.62. The van der Waals surface area contributed by atoms with Crippen LogP contribution in [-0.4, -0.2) is 45.5 Å². The molecule has 10 nitrogen and oxygen atoms in total. The topological polar surface area (TPSA) is 128 Å². The molecular weight excluding hydrogens is 400 g/mol. The van der Waals surface area contributed by atoms with Crippen molar-refractivity contribution in [2.24, 2.45) is 0 Å². The highest BCUT2D eigenvalue weighted by molar-refractivity contribution is 6.31. The summed E-state index contributed by atoms with van der Waals surface area (Å²) in [6.07, 6.45) is 1.54. The van der Waals surface area contributed by atoms with Crippen LogP contribution >= 0.6 is 11.6 Å². The molecule has 0 bridgehead atoms. The van der Waals surface area contributed by atoms with E-state index in [-0.39, 0.29) is 31.2 Å². The predicted octanol–water partition coefficient (Wildman–Crippen LogP) is 1.07. The molecule has 0 radical (unpaired) electrons. The maximum atomic E-state index is 13.1. The average molecular weight is 427 g/mol. The van der Waals surface area contributed by atoms with Gasteiger partial charge >= 0.3 is 5.69 Å². The van der Waals surface area contributed by atoms with E-state index in [1.54, 1.807) is 13.8 Å². The number of aromatic amines is 1. The Hall–Kier alpha value is -2.59. The fourth-order valence-electron chi connectivity index (χ4n) is 2.96. The molecule has 11 heteroatoms. The lowest BCUT2D eigenvalue weighted by Crippen LogP contribution is -2.44. The number of methoxy groups -OCH3 is 1. The number of aromatic nitrogens is 4. The summed E-state index contributed by atoms with van der Waals surface area (Å²) in [5, 5.41) is 4.74. The van der Waals surface area contributed by atoms with E-state index in [2.05, 4.69) is 10.1 Å². The Bertz CT molecular complexity index is 993. The maximum absolute atomic E-state index is 13.1. The van der Waals surface area contributed by atoms with E-state index in [9.17, 15) is 14.4 Å². The number of amides is 1. The molecule has 3 N–H and O–H groups in total. The number of nitrogen functional groups attached to an aromatic ring is 1. The van der Waals surface area contributed by atoms with Crippen LogP contribution in [0, 0.1) is 13.8 Å². The quantitative estimate of drug-likeness (QED) is 0.617. The number of carbonyl (C=O) groups excluding carboxylic acids is 1. The first-order valence-corrected chi connectivity index (χ1v) is 9.72. The summed E-state index contributed by atoms with van der Waals surface area (Å²) < 4.78 is 7.82. The van der Waals surface area contributed by atoms with Gasteiger partial charge in [0.25, 0.3) is 5.56 Å². The van der Waals surface area contributed by atoms with Gasteiger partial charge in [0, 0.05) is 20.2 Å². The van der Waals surface area contributed by atoms with Crippen LogP contribution < -0.4 is 21.9 Å². The van der Waals surface area contributed by atoms with Crippen LogP contribution in [0.5, 0.6) is 0 Å². The van der Waals surface area contributed by atoms with Crippen molar-refractivity contribution in [3.63, 3.8) is 0 Å². The van der Waals surface area contributed by atoms with Gasteiger partial charge in [-0.2, -0.15) is 5.10 Å². The van der Waals surface area contributed by atoms with Crippen LogP contribution in [-0.2, 0) is 22.6 Å². The number of nitrogens with two attached hydrogens (primary N) is 1. The molecular formula is C18H27ClN6O4. The average Bonchev–Trinajstić information content (AvgIpc) is 2.90. The second-order valence-corrected chi connectivity index (χ2v) is 7.06. The number of hydrogen-bond acceptors (Lipinski definition) is 6. The van der Waals surface area contributed by atoms with Crippen molar-refractivity contribution in [1.29, 1.82) is 0 Å². The Kier molecular flexibility index (Phi) is 7.63. The number of aryl methyl sites for hydroxylation is 1. The smallest absolute Gasteiger partial charge is 0.330 e. The zero-order valence-electron chi connectivity index (χ0n) is 17.1. The molecule has 0 fully saturated rings. The summed E-state index contributed by atoms with van der Waals surface area (Å²) in [5.41, 5.74) is 5.99. The van der Waals surface area contributed by atoms with E-state index in [0.717, 1.165) is 6.42 Å². The molecule has 160 valence electrons. The normalized spacial score (nSPS) is 11.1. The molecule has 0 aromatic carbocycles. The number of hydrogen-bond donors (Lipinski definition) is 2. The summed E-state index contributed by atoms with van der Waals surface area (Å²) in [5.74, 6) is -0.481. The molecule has 0 aliphatic rings. The highest BCUT2D eigenvalue weighted by Gasteiger charge is 2.25. The second kappa shape index (κ2) is 9.75. The summed E-state index contributed by atoms with van der Waals surface area (Å²) >= 11 is 6.16. The third kappa shape index (κ3) is 4.88. The first-order chi connectivity index (χ1) is 13.7. The lowest BCUT2D eigenvalue weighted by Gasteiger charge is -2.24. The fraction of sp³-hybridized carbons (Fsp3) is 0.556. The van der Waals surface area contributed by atoms with Gasteiger partial charge in [0.1, 0.15) is 12.4 Å². The minimum absolute atomic E-state index is 0.0527. The number of nitrogens with zero attached hydrogens (tertiary/aromatic N) is 4. The first-order valence-electron chi connectivity index (χ1n) is 9.34. The van der Waals surface area contributed by atoms with Crippen LogP contribution in [0.3, 0.4) is 0 Å². The Morgan fingerprint density at radius 2 is 2.03 bits per heavy atom. The van der Waals surface area contributed by atoms with Crippen LogP contribution in [0.15, 0.2) is 9.59 Å². The van der Waals surface area contributed by atoms with E-state index in [1.165, 1.54) is 21.3 Å². The number of anilines is 2. The Morgan fingerprint density at radius 1 is 1.34 bits per heavy atom. The summed E-state index contributed by atoms with van der Waals surface area (Å²) in [4.78, 5) is 41.3. The third-order valence-corrected chi connectivity index (χ3v) is 5.16. The number of H-pyrrole nitrogens is 1. The zero-order chi connectivity index (χ0) is 21.7. The van der Waals surface area contributed by atoms with E-state index in [0.29, 0.717) is 29.4 Å². The number of nitrogens with one attached hydrogen (secondary N) is 1. The molecule has 2 rings (SSSR count). The van der Waals surface area contributed by atoms with E-state index >= 15 is 0 Å². The maximum Gasteiger partial charge on any atom is 0.330 e. The molecule has 2 heterocycles. The fourth-order valence-corrected chi connectivity index (χ4v) is 3.10. The molecule has 0 saturated heterocycles. The first kappa shape index (κ1) is 22.7. The molecule has 2 aromatic heterocycles. The van der Waals surface area contributed by atoms with Gasteiger partial charge in [-0.1, -0.05) is 24.9 Å². The number of halogens is 1. The predicted molar refractivity (Wildman–Crippen MR) is 112 cm³/mol. The van der Waals surface area contributed by atoms with Gasteiger partial charge in [0.2, 0.25) is 5.91 Å². The van der Waals surface area contributed by atoms with Crippen molar-refractivity contribution in [2.75, 3.05) is 30.9 Å². The van der Waals surface area contributed by atoms with Crippen molar-refractivity contribution in [1.82, 2.24) is 19.3 Å². The largest absolute Gasteiger partial charge is 0.383 e. The molecule has 0 unspecified atom stereocenters. The molecule has 0 saturated carbocycles. The van der Waals surface area contributed by atoms with Gasteiger partial charge in [-0.15, -0.1) is 0 Å². The van der Waals surface area contributed by atoms with Crippen LogP contribution in [0.25, 0.3) is 0 Å². The molecule has 0 aliphatic heterocycles. The summed E-state index contributed by atoms with van der Waals surface area (Å²) in [6, 6.07) is 0. The summed E-state index contributed by atoms with van der Waals surface area (Å²) in [7, 11) is 1.49. The lowest BCUT2D eigenvalue weighted by molar-refractivity contribution is -0.119. The standard InChI is InChI=1S/C18H27ClN6O4/c1-5-6-7-24-16(20)15(17(27)21-18(24)28)23(8-9-29-4)13(26)10-25-12(3)14(19)11(2)22-25/h5-10,20H2,1-4H3,(H,21,27,28). The molecule has 0 atom stereocenters. The second-order valence-electron chi connectivity index (χ2n) is 6.68. The van der Waals surface area contributed by atoms with Crippen LogP contribution in [0.4, 0.5) is 11.5 Å². The minimum atomic E-state index is -0.726. The summed E-state index contributed by atoms with van der Waals surface area (Å²) in [6.45, 7) is 5.92. The van der Waals surface area contributed by atoms with Gasteiger partial charge in [0.05, 0.1) is 23.0 Å². The van der Waals surface area contributed by atoms with E-state index in [4.69, 9.17) is 22.1 Å². The Morgan fingerprint density at radius 3 is 2.59 bits per heavy atom. The van der Waals surface area contributed by atoms with Gasteiger partial charge in [-0.3, -0.25) is 23.8 Å². The van der Waals surface area contributed by atoms with Gasteiger partial charge in [-0.25, -0.2) is 4.79 Å². The molecule has 0 aliphatic carbocycles. The zero-order valence-corrected chi connectivity index (χ0v) is 17.9. The monoisotopic (exact) mass is 426 g/mol. The van der Waals surface area contributed by atoms with E-state index in [1.807, 2.05) is 6.92 Å². The van der Waals surface area contributed by atoms with Gasteiger partial charge in [0.15, 0.2) is 5.69 Å². The Balaban J connectivity index is 2.48. The minimum Gasteiger partial charge on any atom is -0.383 e. The van der Waals surface area contributed by atoms with Crippen molar-refractivity contribution >= 4 is 29.0 Å². The van der Waals surface area contributed by atoms with Gasteiger partial charge < -0.3 is 15.4 Å². The van der Waals surface area contributed by atoms with E-state index < -0.39 is 17.2 Å². The van der Waals surface area contributed by atoms with Crippen molar-refractivity contribution < 1.29 is 9.53 Å². The number of rotatable bonds is 9. The Labute approximate surface area is 173 Å². The number of ether oxygens (including phenoxy) is 1. The number of unbranched alkanes of at least 4 members (excludes halogenated alkanes) is 1. The highest BCUT2D eigenvalue weighted by atomic mass is 35.5. The SMILES string of the molecule is CCCCn1c(N)c(N(CCOC)C(=O)Cn2nc(C)c(Cl)c2C)c(=O)[nH]c1=O. The molecule has 1 amide bonds. The van der Waals surface area contributed by atoms with Crippen molar-refractivity contribution in [3.8, 4) is 0 Å². The molecule has 0 spiro atoms. The number of carbonyl (C=O) groups is 1. The molecule has 2 aromatic rings. The highest BCUT2D eigenvalue weighted by Crippen LogP contribution is 2.21. The van der Waals surface area contributed by atoms with Crippen molar-refractivity contribution in [2.45, 2.75) is 46.7 Å².